The highest BCUT2D eigenvalue weighted by Crippen LogP contribution is 2.37. The second-order valence-electron chi connectivity index (χ2n) is 6.69. The third-order valence-electron chi connectivity index (χ3n) is 4.51. The van der Waals surface area contributed by atoms with Crippen molar-refractivity contribution in [1.29, 1.82) is 0 Å². The second kappa shape index (κ2) is 8.75. The molecule has 1 aliphatic rings. The van der Waals surface area contributed by atoms with Gasteiger partial charge in [-0.25, -0.2) is 9.97 Å². The molecule has 0 spiro atoms. The molecular formula is C20H17F3N4OS2. The van der Waals surface area contributed by atoms with Crippen LogP contribution in [0.5, 0.6) is 0 Å². The molecule has 0 bridgehead atoms. The lowest BCUT2D eigenvalue weighted by molar-refractivity contribution is -0.0329. The molecule has 3 heterocycles. The minimum absolute atomic E-state index is 0.126. The number of thioether (sulfide) groups is 1. The average molecular weight is 451 g/mol. The largest absolute Gasteiger partial charge is 0.447 e. The molecule has 1 amide bonds. The highest BCUT2D eigenvalue weighted by molar-refractivity contribution is 8.00. The van der Waals surface area contributed by atoms with E-state index >= 15 is 0 Å². The van der Waals surface area contributed by atoms with Crippen molar-refractivity contribution >= 4 is 34.1 Å². The van der Waals surface area contributed by atoms with Crippen molar-refractivity contribution in [1.82, 2.24) is 14.9 Å². The van der Waals surface area contributed by atoms with Crippen LogP contribution in [0.25, 0.3) is 0 Å². The van der Waals surface area contributed by atoms with E-state index in [1.165, 1.54) is 35.2 Å². The van der Waals surface area contributed by atoms with E-state index < -0.39 is 23.2 Å². The number of halogens is 3. The number of aromatic nitrogens is 2. The quantitative estimate of drug-likeness (QED) is 0.557. The number of amides is 1. The van der Waals surface area contributed by atoms with E-state index in [1.54, 1.807) is 0 Å². The maximum atomic E-state index is 12.7. The Morgan fingerprint density at radius 2 is 2.00 bits per heavy atom. The Hall–Kier alpha value is -2.43. The Bertz CT molecular complexity index is 1040. The van der Waals surface area contributed by atoms with E-state index in [4.69, 9.17) is 0 Å². The summed E-state index contributed by atoms with van der Waals surface area (Å²) in [5, 5.41) is 2.65. The number of nitrogens with zero attached hydrogens (tertiary/aromatic N) is 3. The predicted molar refractivity (Wildman–Crippen MR) is 110 cm³/mol. The van der Waals surface area contributed by atoms with Gasteiger partial charge in [0.15, 0.2) is 5.13 Å². The Balaban J connectivity index is 1.45. The molecule has 5 nitrogen and oxygen atoms in total. The highest BCUT2D eigenvalue weighted by Gasteiger charge is 2.32. The summed E-state index contributed by atoms with van der Waals surface area (Å²) in [6.45, 7) is 2.40. The second-order valence-corrected chi connectivity index (χ2v) is 8.83. The molecule has 4 rings (SSSR count). The number of thiazole rings is 1. The molecule has 0 aliphatic carbocycles. The molecule has 2 aromatic heterocycles. The summed E-state index contributed by atoms with van der Waals surface area (Å²) in [5.74, 6) is -0.651. The fraction of sp³-hybridized carbons (Fsp3) is 0.250. The van der Waals surface area contributed by atoms with Gasteiger partial charge in [-0.15, -0.1) is 11.3 Å². The smallest absolute Gasteiger partial charge is 0.298 e. The summed E-state index contributed by atoms with van der Waals surface area (Å²) in [5.41, 5.74) is -2.49. The van der Waals surface area contributed by atoms with Gasteiger partial charge < -0.3 is 0 Å². The molecule has 1 aromatic carbocycles. The number of nitrogens with one attached hydrogen (secondary N) is 1. The van der Waals surface area contributed by atoms with Crippen molar-refractivity contribution in [3.05, 3.63) is 70.4 Å². The first-order chi connectivity index (χ1) is 14.4. The van der Waals surface area contributed by atoms with Gasteiger partial charge in [-0.3, -0.25) is 15.0 Å². The zero-order chi connectivity index (χ0) is 21.1. The summed E-state index contributed by atoms with van der Waals surface area (Å²) in [7, 11) is 0. The Labute approximate surface area is 179 Å². The van der Waals surface area contributed by atoms with Gasteiger partial charge in [0.25, 0.3) is 5.91 Å². The van der Waals surface area contributed by atoms with Crippen molar-refractivity contribution < 1.29 is 18.0 Å². The maximum Gasteiger partial charge on any atom is 0.447 e. The molecule has 0 unspecified atom stereocenters. The number of rotatable bonds is 5. The fourth-order valence-corrected chi connectivity index (χ4v) is 4.85. The maximum absolute atomic E-state index is 12.7. The molecule has 0 radical (unpaired) electrons. The monoisotopic (exact) mass is 450 g/mol. The first-order valence-corrected chi connectivity index (χ1v) is 10.8. The van der Waals surface area contributed by atoms with Crippen molar-refractivity contribution in [2.75, 3.05) is 11.9 Å². The summed E-state index contributed by atoms with van der Waals surface area (Å²) < 4.78 is 38.2. The average Bonchev–Trinajstić information content (AvgIpc) is 3.09. The van der Waals surface area contributed by atoms with Gasteiger partial charge in [-0.05, 0) is 17.7 Å². The normalized spacial score (nSPS) is 14.4. The molecule has 0 atom stereocenters. The van der Waals surface area contributed by atoms with E-state index in [2.05, 4.69) is 32.3 Å². The lowest BCUT2D eigenvalue weighted by Crippen LogP contribution is -2.29. The molecule has 0 saturated heterocycles. The van der Waals surface area contributed by atoms with E-state index in [1.807, 2.05) is 18.2 Å². The molecule has 0 fully saturated rings. The van der Waals surface area contributed by atoms with Crippen molar-refractivity contribution in [2.24, 2.45) is 0 Å². The van der Waals surface area contributed by atoms with Crippen LogP contribution in [0.4, 0.5) is 18.3 Å². The number of benzene rings is 1. The number of pyridine rings is 1. The molecule has 0 saturated carbocycles. The molecule has 156 valence electrons. The minimum Gasteiger partial charge on any atom is -0.298 e. The van der Waals surface area contributed by atoms with Crippen LogP contribution in [-0.4, -0.2) is 32.8 Å². The molecule has 1 aliphatic heterocycles. The molecule has 10 heteroatoms. The van der Waals surface area contributed by atoms with E-state index in [0.29, 0.717) is 5.13 Å². The number of hydrogen-bond donors (Lipinski definition) is 1. The molecule has 3 aromatic rings. The van der Waals surface area contributed by atoms with Gasteiger partial charge in [0.05, 0.1) is 11.3 Å². The van der Waals surface area contributed by atoms with E-state index in [9.17, 15) is 18.0 Å². The van der Waals surface area contributed by atoms with Gasteiger partial charge in [0.1, 0.15) is 5.03 Å². The highest BCUT2D eigenvalue weighted by atomic mass is 32.2. The zero-order valence-corrected chi connectivity index (χ0v) is 17.3. The number of anilines is 1. The van der Waals surface area contributed by atoms with Crippen LogP contribution in [-0.2, 0) is 19.5 Å². The van der Waals surface area contributed by atoms with Crippen LogP contribution in [0.3, 0.4) is 0 Å². The third kappa shape index (κ3) is 5.18. The van der Waals surface area contributed by atoms with E-state index in [-0.39, 0.29) is 10.6 Å². The van der Waals surface area contributed by atoms with Gasteiger partial charge in [0, 0.05) is 48.9 Å². The lowest BCUT2D eigenvalue weighted by atomic mass is 10.1. The van der Waals surface area contributed by atoms with Gasteiger partial charge >= 0.3 is 5.51 Å². The van der Waals surface area contributed by atoms with Crippen LogP contribution in [0.2, 0.25) is 0 Å². The number of fused-ring (bicyclic) bond motifs is 1. The summed E-state index contributed by atoms with van der Waals surface area (Å²) in [6, 6.07) is 12.9. The molecular weight excluding hydrogens is 433 g/mol. The van der Waals surface area contributed by atoms with Crippen LogP contribution in [0, 0.1) is 0 Å². The Morgan fingerprint density at radius 1 is 1.20 bits per heavy atom. The van der Waals surface area contributed by atoms with Crippen LogP contribution >= 0.6 is 23.1 Å². The minimum atomic E-state index is -4.52. The van der Waals surface area contributed by atoms with E-state index in [0.717, 1.165) is 36.6 Å². The molecule has 1 N–H and O–H groups in total. The number of carbonyl (C=O) groups is 1. The zero-order valence-electron chi connectivity index (χ0n) is 15.6. The number of hydrogen-bond acceptors (Lipinski definition) is 6. The van der Waals surface area contributed by atoms with Crippen molar-refractivity contribution in [3.8, 4) is 0 Å². The first kappa shape index (κ1) is 20.8. The SMILES string of the molecule is O=C(Nc1nc2c(s1)CN(Cc1ccccc1)CC2)c1cccnc1SC(F)(F)F. The third-order valence-corrected chi connectivity index (χ3v) is 6.26. The Morgan fingerprint density at radius 3 is 2.77 bits per heavy atom. The van der Waals surface area contributed by atoms with Gasteiger partial charge in [-0.1, -0.05) is 30.3 Å². The molecule has 30 heavy (non-hydrogen) atoms. The van der Waals surface area contributed by atoms with Gasteiger partial charge in [-0.2, -0.15) is 13.2 Å². The van der Waals surface area contributed by atoms with Crippen molar-refractivity contribution in [3.63, 3.8) is 0 Å². The predicted octanol–water partition coefficient (Wildman–Crippen LogP) is 4.96. The summed E-state index contributed by atoms with van der Waals surface area (Å²) in [4.78, 5) is 24.1. The summed E-state index contributed by atoms with van der Waals surface area (Å²) >= 11 is 0.957. The number of carbonyl (C=O) groups excluding carboxylic acids is 1. The Kier molecular flexibility index (Phi) is 6.07. The van der Waals surface area contributed by atoms with Crippen LogP contribution in [0.15, 0.2) is 53.7 Å². The first-order valence-electron chi connectivity index (χ1n) is 9.14. The van der Waals surface area contributed by atoms with Gasteiger partial charge in [0.2, 0.25) is 0 Å². The number of alkyl halides is 3. The van der Waals surface area contributed by atoms with Crippen LogP contribution in [0.1, 0.15) is 26.5 Å². The standard InChI is InChI=1S/C20H17F3N4OS2/c21-20(22,23)30-18-14(7-4-9-24-18)17(28)26-19-25-15-8-10-27(12-16(15)29-19)11-13-5-2-1-3-6-13/h1-7,9H,8,10-12H2,(H,25,26,28). The van der Waals surface area contributed by atoms with Crippen LogP contribution < -0.4 is 5.32 Å². The summed E-state index contributed by atoms with van der Waals surface area (Å²) in [6.07, 6.45) is 1.99. The lowest BCUT2D eigenvalue weighted by Gasteiger charge is -2.25. The topological polar surface area (TPSA) is 58.1 Å². The van der Waals surface area contributed by atoms with Crippen molar-refractivity contribution in [2.45, 2.75) is 30.0 Å². The fourth-order valence-electron chi connectivity index (χ4n) is 3.20.